The number of benzene rings is 1. The summed E-state index contributed by atoms with van der Waals surface area (Å²) >= 11 is 0. The van der Waals surface area contributed by atoms with Crippen LogP contribution in [0.3, 0.4) is 0 Å². The number of hydrogen-bond donors (Lipinski definition) is 3. The standard InChI is InChI=1S/C16H25NO4/c1-20-11-8-12(18)14(13(9-11)21-2)15(17)16(19)10-6-4-3-5-7-10/h8-10,15-16,18-19H,3-7,17H2,1-2H3/t15-,16+/m1/s1. The molecular formula is C16H25NO4. The fourth-order valence-corrected chi connectivity index (χ4v) is 3.15. The van der Waals surface area contributed by atoms with Gasteiger partial charge in [0.25, 0.3) is 0 Å². The summed E-state index contributed by atoms with van der Waals surface area (Å²) in [6, 6.07) is 2.49. The van der Waals surface area contributed by atoms with Gasteiger partial charge in [0.05, 0.1) is 31.9 Å². The first-order valence-electron chi connectivity index (χ1n) is 7.47. The van der Waals surface area contributed by atoms with Crippen molar-refractivity contribution in [3.8, 4) is 17.2 Å². The first-order valence-corrected chi connectivity index (χ1v) is 7.47. The fourth-order valence-electron chi connectivity index (χ4n) is 3.15. The number of nitrogens with two attached hydrogens (primary N) is 1. The van der Waals surface area contributed by atoms with Gasteiger partial charge in [-0.3, -0.25) is 0 Å². The molecular weight excluding hydrogens is 270 g/mol. The molecule has 0 heterocycles. The molecule has 1 saturated carbocycles. The second-order valence-corrected chi connectivity index (χ2v) is 5.68. The van der Waals surface area contributed by atoms with Crippen LogP contribution in [0.1, 0.15) is 43.7 Å². The molecule has 1 aromatic rings. The smallest absolute Gasteiger partial charge is 0.131 e. The maximum absolute atomic E-state index is 10.5. The van der Waals surface area contributed by atoms with Crippen LogP contribution in [0.4, 0.5) is 0 Å². The molecule has 21 heavy (non-hydrogen) atoms. The van der Waals surface area contributed by atoms with Gasteiger partial charge in [-0.1, -0.05) is 19.3 Å². The Balaban J connectivity index is 2.26. The fraction of sp³-hybridized carbons (Fsp3) is 0.625. The van der Waals surface area contributed by atoms with Gasteiger partial charge in [-0.05, 0) is 18.8 Å². The lowest BCUT2D eigenvalue weighted by Crippen LogP contribution is -2.34. The Labute approximate surface area is 125 Å². The second-order valence-electron chi connectivity index (χ2n) is 5.68. The number of aliphatic hydroxyl groups is 1. The van der Waals surface area contributed by atoms with Gasteiger partial charge in [-0.15, -0.1) is 0 Å². The van der Waals surface area contributed by atoms with Crippen LogP contribution in [-0.2, 0) is 0 Å². The van der Waals surface area contributed by atoms with E-state index in [4.69, 9.17) is 15.2 Å². The number of aromatic hydroxyl groups is 1. The Bertz CT molecular complexity index is 472. The third-order valence-corrected chi connectivity index (χ3v) is 4.38. The van der Waals surface area contributed by atoms with E-state index in [0.717, 1.165) is 25.7 Å². The minimum Gasteiger partial charge on any atom is -0.507 e. The van der Waals surface area contributed by atoms with Crippen LogP contribution in [0.15, 0.2) is 12.1 Å². The summed E-state index contributed by atoms with van der Waals surface area (Å²) in [6.45, 7) is 0. The van der Waals surface area contributed by atoms with Gasteiger partial charge >= 0.3 is 0 Å². The van der Waals surface area contributed by atoms with E-state index >= 15 is 0 Å². The molecule has 0 bridgehead atoms. The van der Waals surface area contributed by atoms with Crippen molar-refractivity contribution < 1.29 is 19.7 Å². The molecule has 1 aromatic carbocycles. The molecule has 0 aliphatic heterocycles. The maximum atomic E-state index is 10.5. The quantitative estimate of drug-likeness (QED) is 0.776. The van der Waals surface area contributed by atoms with E-state index in [1.54, 1.807) is 6.07 Å². The van der Waals surface area contributed by atoms with Gasteiger partial charge in [-0.2, -0.15) is 0 Å². The molecule has 0 saturated heterocycles. The Kier molecular flexibility index (Phi) is 5.31. The summed E-state index contributed by atoms with van der Waals surface area (Å²) in [5.74, 6) is 1.11. The molecule has 4 N–H and O–H groups in total. The topological polar surface area (TPSA) is 84.9 Å². The number of hydrogen-bond acceptors (Lipinski definition) is 5. The number of aliphatic hydroxyl groups excluding tert-OH is 1. The molecule has 0 spiro atoms. The van der Waals surface area contributed by atoms with E-state index < -0.39 is 12.1 Å². The average molecular weight is 295 g/mol. The van der Waals surface area contributed by atoms with Gasteiger partial charge in [0, 0.05) is 12.1 Å². The highest BCUT2D eigenvalue weighted by Gasteiger charge is 2.31. The van der Waals surface area contributed by atoms with Crippen molar-refractivity contribution in [3.05, 3.63) is 17.7 Å². The number of phenolic OH excluding ortho intramolecular Hbond substituents is 1. The van der Waals surface area contributed by atoms with Crippen LogP contribution in [0.2, 0.25) is 0 Å². The lowest BCUT2D eigenvalue weighted by atomic mass is 9.81. The number of phenols is 1. The zero-order chi connectivity index (χ0) is 15.4. The van der Waals surface area contributed by atoms with Crippen LogP contribution in [0, 0.1) is 5.92 Å². The molecule has 5 heteroatoms. The summed E-state index contributed by atoms with van der Waals surface area (Å²) in [6.07, 6.45) is 4.75. The van der Waals surface area contributed by atoms with E-state index in [1.807, 2.05) is 0 Å². The SMILES string of the molecule is COc1cc(O)c([C@@H](N)[C@@H](O)C2CCCCC2)c(OC)c1. The zero-order valence-corrected chi connectivity index (χ0v) is 12.7. The van der Waals surface area contributed by atoms with Crippen molar-refractivity contribution >= 4 is 0 Å². The minimum atomic E-state index is -0.682. The molecule has 0 radical (unpaired) electrons. The third kappa shape index (κ3) is 3.41. The Morgan fingerprint density at radius 2 is 1.81 bits per heavy atom. The summed E-state index contributed by atoms with van der Waals surface area (Å²) < 4.78 is 10.4. The normalized spacial score (nSPS) is 19.0. The molecule has 2 atom stereocenters. The summed E-state index contributed by atoms with van der Waals surface area (Å²) in [5.41, 5.74) is 6.65. The Hall–Kier alpha value is -1.46. The lowest BCUT2D eigenvalue weighted by molar-refractivity contribution is 0.0603. The number of methoxy groups -OCH3 is 2. The van der Waals surface area contributed by atoms with Gasteiger partial charge in [0.1, 0.15) is 17.2 Å². The Morgan fingerprint density at radius 3 is 2.38 bits per heavy atom. The maximum Gasteiger partial charge on any atom is 0.131 e. The van der Waals surface area contributed by atoms with E-state index in [0.29, 0.717) is 17.1 Å². The van der Waals surface area contributed by atoms with Crippen molar-refractivity contribution in [2.24, 2.45) is 11.7 Å². The van der Waals surface area contributed by atoms with Crippen molar-refractivity contribution in [1.29, 1.82) is 0 Å². The number of rotatable bonds is 5. The van der Waals surface area contributed by atoms with Gasteiger partial charge < -0.3 is 25.4 Å². The molecule has 118 valence electrons. The molecule has 0 amide bonds. The van der Waals surface area contributed by atoms with Crippen molar-refractivity contribution in [3.63, 3.8) is 0 Å². The zero-order valence-electron chi connectivity index (χ0n) is 12.7. The van der Waals surface area contributed by atoms with Crippen LogP contribution in [-0.4, -0.2) is 30.5 Å². The molecule has 0 aromatic heterocycles. The van der Waals surface area contributed by atoms with Gasteiger partial charge in [-0.25, -0.2) is 0 Å². The summed E-state index contributed by atoms with van der Waals surface area (Å²) in [4.78, 5) is 0. The van der Waals surface area contributed by atoms with E-state index in [1.165, 1.54) is 26.7 Å². The van der Waals surface area contributed by atoms with E-state index in [9.17, 15) is 10.2 Å². The van der Waals surface area contributed by atoms with E-state index in [2.05, 4.69) is 0 Å². The molecule has 1 aliphatic carbocycles. The highest BCUT2D eigenvalue weighted by Crippen LogP contribution is 2.40. The molecule has 0 unspecified atom stereocenters. The highest BCUT2D eigenvalue weighted by atomic mass is 16.5. The van der Waals surface area contributed by atoms with Crippen molar-refractivity contribution in [2.45, 2.75) is 44.2 Å². The third-order valence-electron chi connectivity index (χ3n) is 4.38. The second kappa shape index (κ2) is 7.00. The molecule has 1 fully saturated rings. The van der Waals surface area contributed by atoms with Crippen molar-refractivity contribution in [1.82, 2.24) is 0 Å². The summed E-state index contributed by atoms with van der Waals surface area (Å²) in [5, 5.41) is 20.7. The van der Waals surface area contributed by atoms with Gasteiger partial charge in [0.2, 0.25) is 0 Å². The monoisotopic (exact) mass is 295 g/mol. The van der Waals surface area contributed by atoms with Crippen molar-refractivity contribution in [2.75, 3.05) is 14.2 Å². The predicted molar refractivity (Wildman–Crippen MR) is 80.7 cm³/mol. The molecule has 5 nitrogen and oxygen atoms in total. The summed E-state index contributed by atoms with van der Waals surface area (Å²) in [7, 11) is 3.03. The lowest BCUT2D eigenvalue weighted by Gasteiger charge is -2.31. The predicted octanol–water partition coefficient (Wildman–Crippen LogP) is 2.35. The first-order chi connectivity index (χ1) is 10.1. The van der Waals surface area contributed by atoms with Crippen LogP contribution >= 0.6 is 0 Å². The first kappa shape index (κ1) is 15.9. The van der Waals surface area contributed by atoms with Crippen LogP contribution in [0.5, 0.6) is 17.2 Å². The highest BCUT2D eigenvalue weighted by molar-refractivity contribution is 5.51. The van der Waals surface area contributed by atoms with Crippen LogP contribution in [0.25, 0.3) is 0 Å². The van der Waals surface area contributed by atoms with E-state index in [-0.39, 0.29) is 11.7 Å². The molecule has 1 aliphatic rings. The van der Waals surface area contributed by atoms with Gasteiger partial charge in [0.15, 0.2) is 0 Å². The largest absolute Gasteiger partial charge is 0.507 e. The number of ether oxygens (including phenoxy) is 2. The molecule has 2 rings (SSSR count). The average Bonchev–Trinajstić information content (AvgIpc) is 2.53. The Morgan fingerprint density at radius 1 is 1.14 bits per heavy atom. The van der Waals surface area contributed by atoms with Crippen LogP contribution < -0.4 is 15.2 Å². The minimum absolute atomic E-state index is 0.00596.